The molecule has 0 fully saturated rings. The highest BCUT2D eigenvalue weighted by Crippen LogP contribution is 2.34. The van der Waals surface area contributed by atoms with Crippen molar-refractivity contribution in [1.29, 1.82) is 5.26 Å². The van der Waals surface area contributed by atoms with Crippen LogP contribution < -0.4 is 5.32 Å². The predicted molar refractivity (Wildman–Crippen MR) is 87.8 cm³/mol. The van der Waals surface area contributed by atoms with Gasteiger partial charge in [-0.05, 0) is 25.8 Å². The number of amides is 1. The number of hydrogen-bond acceptors (Lipinski definition) is 7. The standard InChI is InChI=1S/C15H17N5O3S/c1-4-10-9(3)24-14(13(10)15(22)23-5-2)18-12(21)7-20-8-17-19-11(20)6-16/h8H,4-5,7H2,1-3H3,(H,18,21). The number of nitrogens with one attached hydrogen (secondary N) is 1. The van der Waals surface area contributed by atoms with Gasteiger partial charge in [0.25, 0.3) is 0 Å². The monoisotopic (exact) mass is 347 g/mol. The molecule has 0 radical (unpaired) electrons. The minimum atomic E-state index is -0.448. The number of thiophene rings is 1. The molecule has 0 bridgehead atoms. The molecule has 2 aromatic rings. The molecule has 2 rings (SSSR count). The quantitative estimate of drug-likeness (QED) is 0.799. The van der Waals surface area contributed by atoms with Crippen molar-refractivity contribution < 1.29 is 14.3 Å². The molecule has 1 N–H and O–H groups in total. The second kappa shape index (κ2) is 7.70. The second-order valence-corrected chi connectivity index (χ2v) is 6.08. The van der Waals surface area contributed by atoms with Crippen LogP contribution in [0.3, 0.4) is 0 Å². The van der Waals surface area contributed by atoms with Gasteiger partial charge in [-0.2, -0.15) is 5.26 Å². The van der Waals surface area contributed by atoms with Crippen LogP contribution in [0.25, 0.3) is 0 Å². The summed E-state index contributed by atoms with van der Waals surface area (Å²) in [5.74, 6) is -0.774. The van der Waals surface area contributed by atoms with E-state index in [4.69, 9.17) is 10.00 Å². The van der Waals surface area contributed by atoms with Crippen molar-refractivity contribution in [2.75, 3.05) is 11.9 Å². The summed E-state index contributed by atoms with van der Waals surface area (Å²) in [6.45, 7) is 5.72. The van der Waals surface area contributed by atoms with Crippen molar-refractivity contribution in [1.82, 2.24) is 14.8 Å². The Balaban J connectivity index is 2.24. The van der Waals surface area contributed by atoms with Crippen LogP contribution in [0.2, 0.25) is 0 Å². The van der Waals surface area contributed by atoms with Crippen molar-refractivity contribution in [3.05, 3.63) is 28.2 Å². The van der Waals surface area contributed by atoms with E-state index in [0.717, 1.165) is 10.4 Å². The lowest BCUT2D eigenvalue weighted by Gasteiger charge is -2.08. The number of carbonyl (C=O) groups excluding carboxylic acids is 2. The molecular formula is C15H17N5O3S. The van der Waals surface area contributed by atoms with E-state index in [0.29, 0.717) is 17.0 Å². The number of hydrogen-bond donors (Lipinski definition) is 1. The van der Waals surface area contributed by atoms with Gasteiger partial charge in [-0.15, -0.1) is 21.5 Å². The van der Waals surface area contributed by atoms with E-state index >= 15 is 0 Å². The molecule has 0 spiro atoms. The van der Waals surface area contributed by atoms with Crippen molar-refractivity contribution in [3.8, 4) is 6.07 Å². The van der Waals surface area contributed by atoms with E-state index in [1.165, 1.54) is 22.2 Å². The Bertz CT molecular complexity index is 803. The predicted octanol–water partition coefficient (Wildman–Crippen LogP) is 1.90. The fourth-order valence-electron chi connectivity index (χ4n) is 2.29. The van der Waals surface area contributed by atoms with Gasteiger partial charge in [-0.1, -0.05) is 6.92 Å². The number of anilines is 1. The number of carbonyl (C=O) groups is 2. The van der Waals surface area contributed by atoms with Crippen LogP contribution >= 0.6 is 11.3 Å². The Morgan fingerprint density at radius 1 is 1.46 bits per heavy atom. The molecule has 0 saturated heterocycles. The Morgan fingerprint density at radius 3 is 2.83 bits per heavy atom. The lowest BCUT2D eigenvalue weighted by molar-refractivity contribution is -0.116. The molecule has 126 valence electrons. The summed E-state index contributed by atoms with van der Waals surface area (Å²) in [7, 11) is 0. The minimum absolute atomic E-state index is 0.0485. The summed E-state index contributed by atoms with van der Waals surface area (Å²) in [5.41, 5.74) is 1.27. The SMILES string of the molecule is CCOC(=O)c1c(NC(=O)Cn2cnnc2C#N)sc(C)c1CC. The molecule has 0 aromatic carbocycles. The van der Waals surface area contributed by atoms with Crippen LogP contribution in [-0.4, -0.2) is 33.2 Å². The highest BCUT2D eigenvalue weighted by Gasteiger charge is 2.23. The summed E-state index contributed by atoms with van der Waals surface area (Å²) in [6, 6.07) is 1.85. The number of nitrogens with zero attached hydrogens (tertiary/aromatic N) is 4. The summed E-state index contributed by atoms with van der Waals surface area (Å²) in [6.07, 6.45) is 1.97. The zero-order chi connectivity index (χ0) is 17.7. The Labute approximate surface area is 143 Å². The third-order valence-corrected chi connectivity index (χ3v) is 4.39. The van der Waals surface area contributed by atoms with Crippen LogP contribution in [0.15, 0.2) is 6.33 Å². The second-order valence-electron chi connectivity index (χ2n) is 4.86. The number of aryl methyl sites for hydroxylation is 1. The topological polar surface area (TPSA) is 110 Å². The highest BCUT2D eigenvalue weighted by atomic mass is 32.1. The third-order valence-electron chi connectivity index (χ3n) is 3.32. The zero-order valence-corrected chi connectivity index (χ0v) is 14.4. The molecule has 1 amide bonds. The van der Waals surface area contributed by atoms with E-state index in [-0.39, 0.29) is 24.9 Å². The first-order valence-corrected chi connectivity index (χ1v) is 8.20. The Hall–Kier alpha value is -2.73. The number of ether oxygens (including phenoxy) is 1. The number of esters is 1. The summed E-state index contributed by atoms with van der Waals surface area (Å²) in [4.78, 5) is 25.4. The average molecular weight is 347 g/mol. The average Bonchev–Trinajstić information content (AvgIpc) is 3.10. The van der Waals surface area contributed by atoms with Gasteiger partial charge in [0.2, 0.25) is 11.7 Å². The third kappa shape index (κ3) is 3.60. The summed E-state index contributed by atoms with van der Waals surface area (Å²) in [5, 5.41) is 19.3. The largest absolute Gasteiger partial charge is 0.462 e. The number of rotatable bonds is 6. The van der Waals surface area contributed by atoms with Crippen molar-refractivity contribution in [2.45, 2.75) is 33.7 Å². The molecular weight excluding hydrogens is 330 g/mol. The number of aromatic nitrogens is 3. The van der Waals surface area contributed by atoms with Crippen LogP contribution in [0.1, 0.15) is 40.5 Å². The van der Waals surface area contributed by atoms with Gasteiger partial charge in [0, 0.05) is 4.88 Å². The molecule has 2 aromatic heterocycles. The van der Waals surface area contributed by atoms with Crippen LogP contribution in [0.5, 0.6) is 0 Å². The summed E-state index contributed by atoms with van der Waals surface area (Å²) >= 11 is 1.33. The zero-order valence-electron chi connectivity index (χ0n) is 13.6. The molecule has 2 heterocycles. The molecule has 0 aliphatic rings. The highest BCUT2D eigenvalue weighted by molar-refractivity contribution is 7.16. The van der Waals surface area contributed by atoms with Crippen molar-refractivity contribution in [3.63, 3.8) is 0 Å². The molecule has 24 heavy (non-hydrogen) atoms. The van der Waals surface area contributed by atoms with Crippen molar-refractivity contribution in [2.24, 2.45) is 0 Å². The van der Waals surface area contributed by atoms with E-state index in [2.05, 4.69) is 15.5 Å². The molecule has 0 atom stereocenters. The molecule has 9 heteroatoms. The first-order chi connectivity index (χ1) is 11.5. The molecule has 8 nitrogen and oxygen atoms in total. The van der Waals surface area contributed by atoms with Gasteiger partial charge in [-0.25, -0.2) is 4.79 Å². The number of nitriles is 1. The fraction of sp³-hybridized carbons (Fsp3) is 0.400. The van der Waals surface area contributed by atoms with E-state index in [9.17, 15) is 9.59 Å². The first kappa shape index (κ1) is 17.6. The van der Waals surface area contributed by atoms with E-state index < -0.39 is 5.97 Å². The van der Waals surface area contributed by atoms with Gasteiger partial charge in [0.1, 0.15) is 23.9 Å². The van der Waals surface area contributed by atoms with Gasteiger partial charge >= 0.3 is 5.97 Å². The van der Waals surface area contributed by atoms with E-state index in [1.54, 1.807) is 6.92 Å². The molecule has 0 aliphatic carbocycles. The smallest absolute Gasteiger partial charge is 0.341 e. The van der Waals surface area contributed by atoms with Gasteiger partial charge < -0.3 is 10.1 Å². The first-order valence-electron chi connectivity index (χ1n) is 7.38. The maximum Gasteiger partial charge on any atom is 0.341 e. The van der Waals surface area contributed by atoms with Gasteiger partial charge in [0.15, 0.2) is 0 Å². The van der Waals surface area contributed by atoms with Gasteiger partial charge in [0.05, 0.1) is 12.2 Å². The van der Waals surface area contributed by atoms with Crippen LogP contribution in [0.4, 0.5) is 5.00 Å². The lowest BCUT2D eigenvalue weighted by atomic mass is 10.1. The van der Waals surface area contributed by atoms with Gasteiger partial charge in [-0.3, -0.25) is 9.36 Å². The molecule has 0 unspecified atom stereocenters. The Morgan fingerprint density at radius 2 is 2.21 bits per heavy atom. The maximum absolute atomic E-state index is 12.2. The summed E-state index contributed by atoms with van der Waals surface area (Å²) < 4.78 is 6.43. The molecule has 0 saturated carbocycles. The Kier molecular flexibility index (Phi) is 5.65. The normalized spacial score (nSPS) is 10.2. The maximum atomic E-state index is 12.2. The van der Waals surface area contributed by atoms with E-state index in [1.807, 2.05) is 19.9 Å². The van der Waals surface area contributed by atoms with Crippen LogP contribution in [0, 0.1) is 18.3 Å². The molecule has 0 aliphatic heterocycles. The minimum Gasteiger partial charge on any atom is -0.462 e. The van der Waals surface area contributed by atoms with Crippen LogP contribution in [-0.2, 0) is 22.5 Å². The lowest BCUT2D eigenvalue weighted by Crippen LogP contribution is -2.20. The fourth-order valence-corrected chi connectivity index (χ4v) is 3.44. The van der Waals surface area contributed by atoms with Crippen molar-refractivity contribution >= 4 is 28.2 Å².